The van der Waals surface area contributed by atoms with E-state index in [1.54, 1.807) is 5.56 Å². The van der Waals surface area contributed by atoms with Crippen molar-refractivity contribution in [1.29, 1.82) is 0 Å². The SMILES string of the molecule is Cc1ccc(C2([C]3CCCCC3)CCCCC2)cc1. The molecule has 0 heterocycles. The zero-order valence-electron chi connectivity index (χ0n) is 12.4. The smallest absolute Gasteiger partial charge is 0.00150 e. The molecule has 1 aromatic rings. The Morgan fingerprint density at radius 3 is 1.95 bits per heavy atom. The minimum atomic E-state index is 0.451. The van der Waals surface area contributed by atoms with Crippen LogP contribution in [0.2, 0.25) is 0 Å². The number of hydrogen-bond donors (Lipinski definition) is 0. The third kappa shape index (κ3) is 2.59. The first-order valence-corrected chi connectivity index (χ1v) is 8.24. The summed E-state index contributed by atoms with van der Waals surface area (Å²) in [6.07, 6.45) is 14.2. The first-order chi connectivity index (χ1) is 9.31. The second-order valence-electron chi connectivity index (χ2n) is 6.67. The Balaban J connectivity index is 1.93. The molecule has 0 heteroatoms. The van der Waals surface area contributed by atoms with E-state index < -0.39 is 0 Å². The summed E-state index contributed by atoms with van der Waals surface area (Å²) in [6.45, 7) is 2.20. The van der Waals surface area contributed by atoms with Gasteiger partial charge in [0, 0.05) is 5.41 Å². The van der Waals surface area contributed by atoms with E-state index >= 15 is 0 Å². The second kappa shape index (κ2) is 5.69. The van der Waals surface area contributed by atoms with Crippen LogP contribution < -0.4 is 0 Å². The van der Waals surface area contributed by atoms with Crippen molar-refractivity contribution in [3.63, 3.8) is 0 Å². The lowest BCUT2D eigenvalue weighted by molar-refractivity contribution is 0.267. The van der Waals surface area contributed by atoms with Crippen molar-refractivity contribution in [3.8, 4) is 0 Å². The van der Waals surface area contributed by atoms with Crippen LogP contribution in [0.5, 0.6) is 0 Å². The molecule has 0 nitrogen and oxygen atoms in total. The Labute approximate surface area is 118 Å². The fourth-order valence-electron chi connectivity index (χ4n) is 4.33. The van der Waals surface area contributed by atoms with Crippen molar-refractivity contribution in [2.75, 3.05) is 0 Å². The van der Waals surface area contributed by atoms with E-state index in [1.807, 2.05) is 5.92 Å². The van der Waals surface area contributed by atoms with Crippen molar-refractivity contribution in [2.45, 2.75) is 76.5 Å². The van der Waals surface area contributed by atoms with Gasteiger partial charge in [0.1, 0.15) is 0 Å². The summed E-state index contributed by atoms with van der Waals surface area (Å²) < 4.78 is 0. The number of rotatable bonds is 2. The molecule has 0 atom stereocenters. The van der Waals surface area contributed by atoms with E-state index in [2.05, 4.69) is 31.2 Å². The van der Waals surface area contributed by atoms with Gasteiger partial charge in [-0.05, 0) is 44.1 Å². The van der Waals surface area contributed by atoms with Gasteiger partial charge in [-0.15, -0.1) is 0 Å². The average Bonchev–Trinajstić information content (AvgIpc) is 2.49. The molecule has 1 aromatic carbocycles. The van der Waals surface area contributed by atoms with Crippen LogP contribution in [0.3, 0.4) is 0 Å². The molecule has 1 radical (unpaired) electrons. The van der Waals surface area contributed by atoms with Crippen LogP contribution in [0.4, 0.5) is 0 Å². The van der Waals surface area contributed by atoms with E-state index in [4.69, 9.17) is 0 Å². The van der Waals surface area contributed by atoms with Crippen LogP contribution >= 0.6 is 0 Å². The highest BCUT2D eigenvalue weighted by Gasteiger charge is 2.41. The van der Waals surface area contributed by atoms with Crippen LogP contribution in [-0.2, 0) is 5.41 Å². The standard InChI is InChI=1S/C19H27/c1-16-10-12-18(13-11-16)19(14-6-3-7-15-19)17-8-4-2-5-9-17/h10-13H,2-9,14-15H2,1H3. The Kier molecular flexibility index (Phi) is 3.96. The Hall–Kier alpha value is -0.780. The maximum Gasteiger partial charge on any atom is 0.00150 e. The third-order valence-corrected chi connectivity index (χ3v) is 5.45. The van der Waals surface area contributed by atoms with Crippen LogP contribution in [0, 0.1) is 12.8 Å². The number of hydrogen-bond acceptors (Lipinski definition) is 0. The molecule has 0 aliphatic heterocycles. The summed E-state index contributed by atoms with van der Waals surface area (Å²) in [5.74, 6) is 1.89. The van der Waals surface area contributed by atoms with Gasteiger partial charge in [0.2, 0.25) is 0 Å². The van der Waals surface area contributed by atoms with Crippen molar-refractivity contribution in [2.24, 2.45) is 0 Å². The Bertz CT molecular complexity index is 389. The normalized spacial score (nSPS) is 24.3. The third-order valence-electron chi connectivity index (χ3n) is 5.45. The molecule has 2 fully saturated rings. The van der Waals surface area contributed by atoms with E-state index in [0.717, 1.165) is 0 Å². The molecule has 3 rings (SSSR count). The number of benzene rings is 1. The topological polar surface area (TPSA) is 0 Å². The molecule has 0 spiro atoms. The molecule has 0 N–H and O–H groups in total. The van der Waals surface area contributed by atoms with Gasteiger partial charge in [-0.1, -0.05) is 68.4 Å². The molecule has 0 saturated heterocycles. The van der Waals surface area contributed by atoms with Gasteiger partial charge in [-0.25, -0.2) is 0 Å². The molecule has 2 aliphatic rings. The predicted molar refractivity (Wildman–Crippen MR) is 82.3 cm³/mol. The van der Waals surface area contributed by atoms with E-state index in [1.165, 1.54) is 69.8 Å². The summed E-state index contributed by atoms with van der Waals surface area (Å²) >= 11 is 0. The molecule has 103 valence electrons. The van der Waals surface area contributed by atoms with Gasteiger partial charge in [0.25, 0.3) is 0 Å². The van der Waals surface area contributed by atoms with Gasteiger partial charge >= 0.3 is 0 Å². The molecule has 19 heavy (non-hydrogen) atoms. The minimum Gasteiger partial charge on any atom is -0.0590 e. The Morgan fingerprint density at radius 2 is 1.32 bits per heavy atom. The van der Waals surface area contributed by atoms with Crippen molar-refractivity contribution in [3.05, 3.63) is 41.3 Å². The van der Waals surface area contributed by atoms with Crippen molar-refractivity contribution < 1.29 is 0 Å². The molecule has 0 aromatic heterocycles. The van der Waals surface area contributed by atoms with Gasteiger partial charge in [0.15, 0.2) is 0 Å². The maximum atomic E-state index is 2.42. The molecule has 0 bridgehead atoms. The van der Waals surface area contributed by atoms with Gasteiger partial charge < -0.3 is 0 Å². The molecular weight excluding hydrogens is 228 g/mol. The van der Waals surface area contributed by atoms with Crippen LogP contribution in [0.1, 0.15) is 75.3 Å². The summed E-state index contributed by atoms with van der Waals surface area (Å²) in [5, 5.41) is 0. The fraction of sp³-hybridized carbons (Fsp3) is 0.632. The summed E-state index contributed by atoms with van der Waals surface area (Å²) in [6, 6.07) is 9.47. The second-order valence-corrected chi connectivity index (χ2v) is 6.67. The van der Waals surface area contributed by atoms with Crippen molar-refractivity contribution >= 4 is 0 Å². The summed E-state index contributed by atoms with van der Waals surface area (Å²) in [7, 11) is 0. The zero-order valence-corrected chi connectivity index (χ0v) is 12.4. The highest BCUT2D eigenvalue weighted by Crippen LogP contribution is 2.51. The van der Waals surface area contributed by atoms with Gasteiger partial charge in [-0.3, -0.25) is 0 Å². The van der Waals surface area contributed by atoms with Crippen LogP contribution in [-0.4, -0.2) is 0 Å². The lowest BCUT2D eigenvalue weighted by Gasteiger charge is -2.45. The monoisotopic (exact) mass is 255 g/mol. The molecular formula is C19H27. The van der Waals surface area contributed by atoms with E-state index in [9.17, 15) is 0 Å². The lowest BCUT2D eigenvalue weighted by atomic mass is 9.58. The van der Waals surface area contributed by atoms with Gasteiger partial charge in [-0.2, -0.15) is 0 Å². The van der Waals surface area contributed by atoms with Crippen LogP contribution in [0.25, 0.3) is 0 Å². The molecule has 0 amide bonds. The quantitative estimate of drug-likeness (QED) is 0.632. The molecule has 2 aliphatic carbocycles. The van der Waals surface area contributed by atoms with E-state index in [-0.39, 0.29) is 0 Å². The highest BCUT2D eigenvalue weighted by atomic mass is 14.4. The first kappa shape index (κ1) is 13.2. The average molecular weight is 255 g/mol. The molecule has 0 unspecified atom stereocenters. The minimum absolute atomic E-state index is 0.451. The fourth-order valence-corrected chi connectivity index (χ4v) is 4.33. The summed E-state index contributed by atoms with van der Waals surface area (Å²) in [4.78, 5) is 0. The van der Waals surface area contributed by atoms with Crippen molar-refractivity contribution in [1.82, 2.24) is 0 Å². The van der Waals surface area contributed by atoms with E-state index in [0.29, 0.717) is 5.41 Å². The zero-order chi connectivity index (χ0) is 13.1. The number of aryl methyl sites for hydroxylation is 1. The highest BCUT2D eigenvalue weighted by molar-refractivity contribution is 5.36. The molecule has 2 saturated carbocycles. The summed E-state index contributed by atoms with van der Waals surface area (Å²) in [5.41, 5.74) is 3.46. The largest absolute Gasteiger partial charge is 0.0590 e. The first-order valence-electron chi connectivity index (χ1n) is 8.24. The van der Waals surface area contributed by atoms with Gasteiger partial charge in [0.05, 0.1) is 0 Å². The Morgan fingerprint density at radius 1 is 0.737 bits per heavy atom. The lowest BCUT2D eigenvalue weighted by Crippen LogP contribution is -2.37. The maximum absolute atomic E-state index is 2.42. The van der Waals surface area contributed by atoms with Crippen LogP contribution in [0.15, 0.2) is 24.3 Å². The predicted octanol–water partition coefficient (Wildman–Crippen LogP) is 5.74.